The molecule has 6 heteroatoms. The van der Waals surface area contributed by atoms with Crippen LogP contribution in [0, 0.1) is 11.3 Å². The van der Waals surface area contributed by atoms with Crippen LogP contribution < -0.4 is 14.8 Å². The molecule has 0 saturated carbocycles. The number of aromatic amines is 1. The molecule has 0 radical (unpaired) electrons. The number of methoxy groups -OCH3 is 2. The van der Waals surface area contributed by atoms with Crippen LogP contribution in [0.5, 0.6) is 11.5 Å². The van der Waals surface area contributed by atoms with E-state index in [0.29, 0.717) is 23.5 Å². The quantitative estimate of drug-likeness (QED) is 0.500. The van der Waals surface area contributed by atoms with Gasteiger partial charge in [-0.15, -0.1) is 0 Å². The van der Waals surface area contributed by atoms with E-state index in [0.717, 1.165) is 33.4 Å². The lowest BCUT2D eigenvalue weighted by atomic mass is 10.0. The van der Waals surface area contributed by atoms with Gasteiger partial charge in [0.1, 0.15) is 6.07 Å². The van der Waals surface area contributed by atoms with Crippen LogP contribution in [0.25, 0.3) is 10.9 Å². The Morgan fingerprint density at radius 2 is 1.90 bits per heavy atom. The number of hydrogen-bond acceptors (Lipinski definition) is 5. The fourth-order valence-electron chi connectivity index (χ4n) is 3.36. The third-order valence-electron chi connectivity index (χ3n) is 4.81. The highest BCUT2D eigenvalue weighted by molar-refractivity contribution is 5.84. The second-order valence-corrected chi connectivity index (χ2v) is 6.60. The standard InChI is InChI=1S/C23H20N4O2/c1-28-21-6-3-15(10-22(21)29-2)9-17-13-25-14-18(12-24)23(17)27-19-4-5-20-16(11-19)7-8-26-20/h3-8,10-11,13-14,26H,9H2,1-2H3,(H,25,27). The number of fused-ring (bicyclic) bond motifs is 1. The summed E-state index contributed by atoms with van der Waals surface area (Å²) in [5, 5.41) is 14.1. The molecule has 2 heterocycles. The molecule has 0 aliphatic heterocycles. The molecule has 0 aliphatic rings. The largest absolute Gasteiger partial charge is 0.493 e. The summed E-state index contributed by atoms with van der Waals surface area (Å²) in [7, 11) is 3.23. The summed E-state index contributed by atoms with van der Waals surface area (Å²) in [6.07, 6.45) is 5.87. The number of nitrogens with zero attached hydrogens (tertiary/aromatic N) is 2. The molecule has 4 aromatic rings. The van der Waals surface area contributed by atoms with Crippen LogP contribution in [0.3, 0.4) is 0 Å². The maximum absolute atomic E-state index is 9.60. The molecule has 0 unspecified atom stereocenters. The Labute approximate surface area is 168 Å². The summed E-state index contributed by atoms with van der Waals surface area (Å²) in [5.41, 5.74) is 5.18. The molecule has 2 aromatic heterocycles. The minimum Gasteiger partial charge on any atom is -0.493 e. The van der Waals surface area contributed by atoms with Crippen molar-refractivity contribution in [2.24, 2.45) is 0 Å². The molecule has 0 atom stereocenters. The first-order valence-corrected chi connectivity index (χ1v) is 9.14. The van der Waals surface area contributed by atoms with Gasteiger partial charge in [-0.05, 0) is 47.5 Å². The van der Waals surface area contributed by atoms with Gasteiger partial charge in [0.15, 0.2) is 11.5 Å². The second-order valence-electron chi connectivity index (χ2n) is 6.60. The van der Waals surface area contributed by atoms with Crippen molar-refractivity contribution in [1.29, 1.82) is 5.26 Å². The number of rotatable bonds is 6. The molecule has 6 nitrogen and oxygen atoms in total. The lowest BCUT2D eigenvalue weighted by Gasteiger charge is -2.15. The number of benzene rings is 2. The normalized spacial score (nSPS) is 10.5. The zero-order chi connectivity index (χ0) is 20.2. The molecule has 0 bridgehead atoms. The van der Waals surface area contributed by atoms with Gasteiger partial charge < -0.3 is 19.8 Å². The van der Waals surface area contributed by atoms with E-state index in [4.69, 9.17) is 9.47 Å². The fourth-order valence-corrected chi connectivity index (χ4v) is 3.36. The van der Waals surface area contributed by atoms with Crippen molar-refractivity contribution in [2.75, 3.05) is 19.5 Å². The average molecular weight is 384 g/mol. The minimum absolute atomic E-state index is 0.497. The van der Waals surface area contributed by atoms with Crippen molar-refractivity contribution in [3.8, 4) is 17.6 Å². The third-order valence-corrected chi connectivity index (χ3v) is 4.81. The monoisotopic (exact) mass is 384 g/mol. The second kappa shape index (κ2) is 7.95. The van der Waals surface area contributed by atoms with E-state index >= 15 is 0 Å². The van der Waals surface area contributed by atoms with Crippen molar-refractivity contribution in [1.82, 2.24) is 9.97 Å². The molecule has 2 aromatic carbocycles. The zero-order valence-electron chi connectivity index (χ0n) is 16.2. The molecule has 0 amide bonds. The Hall–Kier alpha value is -3.98. The van der Waals surface area contributed by atoms with Gasteiger partial charge in [0.05, 0.1) is 25.5 Å². The van der Waals surface area contributed by atoms with Gasteiger partial charge in [0, 0.05) is 41.6 Å². The molecule has 0 saturated heterocycles. The first-order valence-electron chi connectivity index (χ1n) is 9.14. The van der Waals surface area contributed by atoms with E-state index in [1.807, 2.05) is 48.7 Å². The van der Waals surface area contributed by atoms with Crippen LogP contribution in [-0.2, 0) is 6.42 Å². The summed E-state index contributed by atoms with van der Waals surface area (Å²) in [6.45, 7) is 0. The van der Waals surface area contributed by atoms with E-state index in [-0.39, 0.29) is 0 Å². The molecule has 144 valence electrons. The molecular formula is C23H20N4O2. The molecule has 4 rings (SSSR count). The van der Waals surface area contributed by atoms with Gasteiger partial charge >= 0.3 is 0 Å². The molecular weight excluding hydrogens is 364 g/mol. The highest BCUT2D eigenvalue weighted by atomic mass is 16.5. The van der Waals surface area contributed by atoms with Crippen LogP contribution in [0.4, 0.5) is 11.4 Å². The predicted octanol–water partition coefficient (Wildman–Crippen LogP) is 4.79. The number of nitriles is 1. The van der Waals surface area contributed by atoms with E-state index in [2.05, 4.69) is 21.4 Å². The highest BCUT2D eigenvalue weighted by Gasteiger charge is 2.12. The highest BCUT2D eigenvalue weighted by Crippen LogP contribution is 2.31. The van der Waals surface area contributed by atoms with Crippen LogP contribution in [-0.4, -0.2) is 24.2 Å². The number of ether oxygens (including phenoxy) is 2. The lowest BCUT2D eigenvalue weighted by Crippen LogP contribution is -2.02. The van der Waals surface area contributed by atoms with Crippen molar-refractivity contribution >= 4 is 22.3 Å². The van der Waals surface area contributed by atoms with E-state index in [1.54, 1.807) is 26.6 Å². The average Bonchev–Trinajstić information content (AvgIpc) is 3.22. The SMILES string of the molecule is COc1ccc(Cc2cncc(C#N)c2Nc2ccc3[nH]ccc3c2)cc1OC. The van der Waals surface area contributed by atoms with Gasteiger partial charge in [0.25, 0.3) is 0 Å². The summed E-state index contributed by atoms with van der Waals surface area (Å²) < 4.78 is 10.7. The zero-order valence-corrected chi connectivity index (χ0v) is 16.2. The first kappa shape index (κ1) is 18.4. The van der Waals surface area contributed by atoms with Crippen LogP contribution in [0.2, 0.25) is 0 Å². The maximum Gasteiger partial charge on any atom is 0.160 e. The predicted molar refractivity (Wildman–Crippen MR) is 113 cm³/mol. The van der Waals surface area contributed by atoms with Gasteiger partial charge in [0.2, 0.25) is 0 Å². The van der Waals surface area contributed by atoms with Gasteiger partial charge in [-0.25, -0.2) is 0 Å². The van der Waals surface area contributed by atoms with Gasteiger partial charge in [-0.1, -0.05) is 6.07 Å². The summed E-state index contributed by atoms with van der Waals surface area (Å²) in [4.78, 5) is 7.43. The van der Waals surface area contributed by atoms with Crippen molar-refractivity contribution in [2.45, 2.75) is 6.42 Å². The Kier molecular flexibility index (Phi) is 5.04. The Bertz CT molecular complexity index is 1210. The molecule has 2 N–H and O–H groups in total. The van der Waals surface area contributed by atoms with Gasteiger partial charge in [-0.2, -0.15) is 5.26 Å². The van der Waals surface area contributed by atoms with Crippen LogP contribution >= 0.6 is 0 Å². The van der Waals surface area contributed by atoms with Crippen molar-refractivity contribution < 1.29 is 9.47 Å². The van der Waals surface area contributed by atoms with E-state index < -0.39 is 0 Å². The van der Waals surface area contributed by atoms with Crippen LogP contribution in [0.1, 0.15) is 16.7 Å². The molecule has 0 fully saturated rings. The smallest absolute Gasteiger partial charge is 0.160 e. The summed E-state index contributed by atoms with van der Waals surface area (Å²) in [5.74, 6) is 1.35. The maximum atomic E-state index is 9.60. The Morgan fingerprint density at radius 1 is 1.03 bits per heavy atom. The molecule has 0 aliphatic carbocycles. The summed E-state index contributed by atoms with van der Waals surface area (Å²) in [6, 6.07) is 16.1. The fraction of sp³-hybridized carbons (Fsp3) is 0.130. The number of H-pyrrole nitrogens is 1. The Balaban J connectivity index is 1.70. The van der Waals surface area contributed by atoms with Crippen LogP contribution in [0.15, 0.2) is 61.1 Å². The molecule has 0 spiro atoms. The number of hydrogen-bond donors (Lipinski definition) is 2. The Morgan fingerprint density at radius 3 is 2.69 bits per heavy atom. The lowest BCUT2D eigenvalue weighted by molar-refractivity contribution is 0.354. The number of anilines is 2. The topological polar surface area (TPSA) is 83.0 Å². The molecule has 29 heavy (non-hydrogen) atoms. The van der Waals surface area contributed by atoms with E-state index in [1.165, 1.54) is 0 Å². The third kappa shape index (κ3) is 3.71. The number of nitrogens with one attached hydrogen (secondary N) is 2. The van der Waals surface area contributed by atoms with Crippen molar-refractivity contribution in [3.05, 3.63) is 77.7 Å². The van der Waals surface area contributed by atoms with E-state index in [9.17, 15) is 5.26 Å². The first-order chi connectivity index (χ1) is 14.2. The number of aromatic nitrogens is 2. The van der Waals surface area contributed by atoms with Crippen molar-refractivity contribution in [3.63, 3.8) is 0 Å². The van der Waals surface area contributed by atoms with Gasteiger partial charge in [-0.3, -0.25) is 4.98 Å². The number of pyridine rings is 1. The summed E-state index contributed by atoms with van der Waals surface area (Å²) >= 11 is 0. The minimum atomic E-state index is 0.497.